The van der Waals surface area contributed by atoms with Crippen molar-refractivity contribution in [3.63, 3.8) is 0 Å². The van der Waals surface area contributed by atoms with Crippen LogP contribution in [0.25, 0.3) is 0 Å². The van der Waals surface area contributed by atoms with Crippen LogP contribution in [0.15, 0.2) is 53.7 Å². The Morgan fingerprint density at radius 1 is 1.30 bits per heavy atom. The van der Waals surface area contributed by atoms with E-state index >= 15 is 0 Å². The van der Waals surface area contributed by atoms with Crippen molar-refractivity contribution in [1.82, 2.24) is 10.3 Å². The topological polar surface area (TPSA) is 71.1 Å². The number of benzene rings is 1. The summed E-state index contributed by atoms with van der Waals surface area (Å²) in [6.45, 7) is 1.91. The fourth-order valence-corrected chi connectivity index (χ4v) is 3.54. The number of nitrogens with zero attached hydrogens (tertiary/aromatic N) is 1. The first kappa shape index (κ1) is 15.6. The summed E-state index contributed by atoms with van der Waals surface area (Å²) in [6, 6.07) is 11.2. The summed E-state index contributed by atoms with van der Waals surface area (Å²) in [5.74, 6) is -0.262. The van der Waals surface area contributed by atoms with Gasteiger partial charge < -0.3 is 10.6 Å². The molecule has 2 N–H and O–H groups in total. The second-order valence-corrected chi connectivity index (χ2v) is 6.61. The molecular formula is C17H17N3O2S. The maximum atomic E-state index is 12.2. The fraction of sp³-hybridized carbons (Fsp3) is 0.235. The van der Waals surface area contributed by atoms with E-state index in [0.29, 0.717) is 0 Å². The molecule has 1 aliphatic heterocycles. The number of carbonyl (C=O) groups excluding carboxylic acids is 2. The molecule has 0 saturated heterocycles. The van der Waals surface area contributed by atoms with Gasteiger partial charge in [0.05, 0.1) is 17.0 Å². The zero-order valence-electron chi connectivity index (χ0n) is 12.7. The molecule has 6 heteroatoms. The predicted molar refractivity (Wildman–Crippen MR) is 90.1 cm³/mol. The van der Waals surface area contributed by atoms with E-state index in [1.165, 1.54) is 11.8 Å². The minimum Gasteiger partial charge on any atom is -0.350 e. The third-order valence-corrected chi connectivity index (χ3v) is 4.94. The highest BCUT2D eigenvalue weighted by atomic mass is 32.2. The first-order valence-corrected chi connectivity index (χ1v) is 8.27. The average molecular weight is 327 g/mol. The number of carbonyl (C=O) groups is 2. The number of amides is 2. The molecule has 0 fully saturated rings. The monoisotopic (exact) mass is 327 g/mol. The van der Waals surface area contributed by atoms with E-state index in [1.54, 1.807) is 12.4 Å². The summed E-state index contributed by atoms with van der Waals surface area (Å²) < 4.78 is 0. The van der Waals surface area contributed by atoms with Crippen molar-refractivity contribution >= 4 is 29.3 Å². The lowest BCUT2D eigenvalue weighted by Gasteiger charge is -2.24. The first-order valence-electron chi connectivity index (χ1n) is 7.39. The van der Waals surface area contributed by atoms with Gasteiger partial charge in [-0.25, -0.2) is 0 Å². The van der Waals surface area contributed by atoms with Crippen molar-refractivity contribution in [3.8, 4) is 0 Å². The highest BCUT2D eigenvalue weighted by Gasteiger charge is 2.29. The summed E-state index contributed by atoms with van der Waals surface area (Å²) in [7, 11) is 0. The average Bonchev–Trinajstić information content (AvgIpc) is 2.56. The Balaban J connectivity index is 1.61. The Morgan fingerprint density at radius 2 is 2.04 bits per heavy atom. The van der Waals surface area contributed by atoms with Gasteiger partial charge in [-0.2, -0.15) is 0 Å². The molecule has 1 aromatic heterocycles. The van der Waals surface area contributed by atoms with Crippen LogP contribution in [0.1, 0.15) is 24.9 Å². The van der Waals surface area contributed by atoms with Gasteiger partial charge in [-0.3, -0.25) is 14.6 Å². The minimum atomic E-state index is -0.408. The fourth-order valence-electron chi connectivity index (χ4n) is 2.43. The number of thioether (sulfide) groups is 1. The third-order valence-electron chi connectivity index (χ3n) is 3.66. The van der Waals surface area contributed by atoms with Gasteiger partial charge in [0.1, 0.15) is 0 Å². The number of pyridine rings is 1. The van der Waals surface area contributed by atoms with E-state index in [4.69, 9.17) is 0 Å². The number of anilines is 1. The maximum Gasteiger partial charge on any atom is 0.238 e. The van der Waals surface area contributed by atoms with Crippen molar-refractivity contribution in [2.45, 2.75) is 29.5 Å². The van der Waals surface area contributed by atoms with Crippen molar-refractivity contribution < 1.29 is 9.59 Å². The van der Waals surface area contributed by atoms with E-state index in [2.05, 4.69) is 15.6 Å². The van der Waals surface area contributed by atoms with Gasteiger partial charge >= 0.3 is 0 Å². The molecule has 23 heavy (non-hydrogen) atoms. The molecule has 2 amide bonds. The van der Waals surface area contributed by atoms with Crippen LogP contribution < -0.4 is 10.6 Å². The molecule has 1 aromatic carbocycles. The number of hydrogen-bond acceptors (Lipinski definition) is 4. The van der Waals surface area contributed by atoms with E-state index in [-0.39, 0.29) is 24.3 Å². The number of nitrogens with one attached hydrogen (secondary N) is 2. The van der Waals surface area contributed by atoms with Gasteiger partial charge in [-0.15, -0.1) is 11.8 Å². The van der Waals surface area contributed by atoms with Gasteiger partial charge in [0.15, 0.2) is 0 Å². The van der Waals surface area contributed by atoms with Crippen LogP contribution in [0.2, 0.25) is 0 Å². The smallest absolute Gasteiger partial charge is 0.238 e. The van der Waals surface area contributed by atoms with Gasteiger partial charge in [0, 0.05) is 23.7 Å². The molecule has 2 atom stereocenters. The molecule has 5 nitrogen and oxygen atoms in total. The summed E-state index contributed by atoms with van der Waals surface area (Å²) in [4.78, 5) is 29.3. The molecular weight excluding hydrogens is 310 g/mol. The van der Waals surface area contributed by atoms with Crippen molar-refractivity contribution in [2.24, 2.45) is 0 Å². The van der Waals surface area contributed by atoms with Gasteiger partial charge in [0.2, 0.25) is 11.8 Å². The van der Waals surface area contributed by atoms with Crippen molar-refractivity contribution in [2.75, 3.05) is 5.32 Å². The van der Waals surface area contributed by atoms with Gasteiger partial charge in [-0.1, -0.05) is 12.1 Å². The zero-order valence-corrected chi connectivity index (χ0v) is 13.5. The summed E-state index contributed by atoms with van der Waals surface area (Å²) in [6.07, 6.45) is 3.54. The quantitative estimate of drug-likeness (QED) is 0.906. The molecule has 2 aromatic rings. The summed E-state index contributed by atoms with van der Waals surface area (Å²) in [5, 5.41) is 5.37. The number of aromatic nitrogens is 1. The zero-order chi connectivity index (χ0) is 16.2. The molecule has 0 saturated carbocycles. The number of para-hydroxylation sites is 1. The lowest BCUT2D eigenvalue weighted by molar-refractivity contribution is -0.124. The standard InChI is InChI=1S/C17H17N3O2S/c1-11(12-6-8-18-9-7-12)19-16(21)10-15-17(22)20-13-4-2-3-5-14(13)23-15/h2-9,11,15H,10H2,1H3,(H,19,21)(H,20,22). The molecule has 2 unspecified atom stereocenters. The number of fused-ring (bicyclic) bond motifs is 1. The SMILES string of the molecule is CC(NC(=O)CC1Sc2ccccc2NC1=O)c1ccncc1. The lowest BCUT2D eigenvalue weighted by Crippen LogP contribution is -2.35. The van der Waals surface area contributed by atoms with Crippen LogP contribution in [0.4, 0.5) is 5.69 Å². The molecule has 2 heterocycles. The Labute approximate surface area is 138 Å². The second kappa shape index (κ2) is 6.83. The maximum absolute atomic E-state index is 12.2. The van der Waals surface area contributed by atoms with Crippen LogP contribution in [0, 0.1) is 0 Å². The first-order chi connectivity index (χ1) is 11.1. The molecule has 1 aliphatic rings. The molecule has 3 rings (SSSR count). The highest BCUT2D eigenvalue weighted by molar-refractivity contribution is 8.01. The van der Waals surface area contributed by atoms with Crippen molar-refractivity contribution in [3.05, 3.63) is 54.4 Å². The third kappa shape index (κ3) is 3.71. The van der Waals surface area contributed by atoms with E-state index in [1.807, 2.05) is 43.3 Å². The summed E-state index contributed by atoms with van der Waals surface area (Å²) >= 11 is 1.43. The molecule has 0 spiro atoms. The van der Waals surface area contributed by atoms with Gasteiger partial charge in [0.25, 0.3) is 0 Å². The molecule has 0 aliphatic carbocycles. The molecule has 0 radical (unpaired) electrons. The Hall–Kier alpha value is -2.34. The van der Waals surface area contributed by atoms with Gasteiger partial charge in [-0.05, 0) is 36.8 Å². The molecule has 0 bridgehead atoms. The Bertz CT molecular complexity index is 721. The van der Waals surface area contributed by atoms with Crippen LogP contribution in [-0.4, -0.2) is 22.0 Å². The largest absolute Gasteiger partial charge is 0.350 e. The number of rotatable bonds is 4. The second-order valence-electron chi connectivity index (χ2n) is 5.37. The number of hydrogen-bond donors (Lipinski definition) is 2. The van der Waals surface area contributed by atoms with E-state index < -0.39 is 5.25 Å². The van der Waals surface area contributed by atoms with E-state index in [0.717, 1.165) is 16.1 Å². The minimum absolute atomic E-state index is 0.116. The Morgan fingerprint density at radius 3 is 2.83 bits per heavy atom. The highest BCUT2D eigenvalue weighted by Crippen LogP contribution is 2.36. The van der Waals surface area contributed by atoms with E-state index in [9.17, 15) is 9.59 Å². The predicted octanol–water partition coefficient (Wildman–Crippen LogP) is 2.76. The lowest BCUT2D eigenvalue weighted by atomic mass is 10.1. The Kier molecular flexibility index (Phi) is 4.62. The van der Waals surface area contributed by atoms with Crippen LogP contribution in [0.3, 0.4) is 0 Å². The van der Waals surface area contributed by atoms with Crippen LogP contribution in [-0.2, 0) is 9.59 Å². The normalized spacial score (nSPS) is 17.8. The molecule has 118 valence electrons. The van der Waals surface area contributed by atoms with Crippen molar-refractivity contribution in [1.29, 1.82) is 0 Å². The van der Waals surface area contributed by atoms with Crippen LogP contribution >= 0.6 is 11.8 Å². The summed E-state index contributed by atoms with van der Waals surface area (Å²) in [5.41, 5.74) is 1.80. The van der Waals surface area contributed by atoms with Crippen LogP contribution in [0.5, 0.6) is 0 Å².